The molecule has 3 aromatic rings. The molecule has 0 spiro atoms. The summed E-state index contributed by atoms with van der Waals surface area (Å²) in [7, 11) is 0. The van der Waals surface area contributed by atoms with E-state index >= 15 is 0 Å². The van der Waals surface area contributed by atoms with Gasteiger partial charge in [0.1, 0.15) is 0 Å². The van der Waals surface area contributed by atoms with Crippen LogP contribution >= 0.6 is 39.3 Å². The number of carbonyl (C=O) groups is 1. The molecule has 9 heteroatoms. The molecular weight excluding hydrogens is 452 g/mol. The number of rotatable bonds is 7. The Kier molecular flexibility index (Phi) is 6.62. The van der Waals surface area contributed by atoms with Gasteiger partial charge in [-0.1, -0.05) is 35.5 Å². The summed E-state index contributed by atoms with van der Waals surface area (Å²) in [6, 6.07) is 11.2. The molecule has 0 saturated carbocycles. The fraction of sp³-hybridized carbons (Fsp3) is 0.278. The highest BCUT2D eigenvalue weighted by atomic mass is 79.9. The van der Waals surface area contributed by atoms with E-state index in [9.17, 15) is 4.79 Å². The summed E-state index contributed by atoms with van der Waals surface area (Å²) in [6.07, 6.45) is 0. The van der Waals surface area contributed by atoms with Crippen LogP contribution in [0.4, 0.5) is 0 Å². The summed E-state index contributed by atoms with van der Waals surface area (Å²) in [5.41, 5.74) is 0.994. The van der Waals surface area contributed by atoms with Gasteiger partial charge in [-0.15, -0.1) is 10.2 Å². The lowest BCUT2D eigenvalue weighted by Gasteiger charge is -2.12. The Morgan fingerprint density at radius 1 is 1.26 bits per heavy atom. The van der Waals surface area contributed by atoms with Gasteiger partial charge < -0.3 is 9.73 Å². The summed E-state index contributed by atoms with van der Waals surface area (Å²) >= 11 is 10.5. The summed E-state index contributed by atoms with van der Waals surface area (Å²) in [5.74, 6) is 1.44. The molecule has 6 nitrogen and oxygen atoms in total. The number of halogens is 2. The molecule has 0 saturated heterocycles. The van der Waals surface area contributed by atoms with Crippen molar-refractivity contribution in [2.75, 3.05) is 5.75 Å². The summed E-state index contributed by atoms with van der Waals surface area (Å²) in [5, 5.41) is 12.7. The van der Waals surface area contributed by atoms with Crippen LogP contribution in [0.1, 0.15) is 25.5 Å². The molecular formula is C18H18BrClN4O2S. The lowest BCUT2D eigenvalue weighted by molar-refractivity contribution is -0.118. The van der Waals surface area contributed by atoms with E-state index in [1.54, 1.807) is 12.1 Å². The molecule has 0 radical (unpaired) electrons. The molecule has 0 bridgehead atoms. The fourth-order valence-electron chi connectivity index (χ4n) is 2.43. The highest BCUT2D eigenvalue weighted by molar-refractivity contribution is 9.10. The second-order valence-electron chi connectivity index (χ2n) is 6.07. The standard InChI is InChI=1S/C18H18BrClN4O2S/c1-11(2)24-17(14-7-8-15(19)26-14)22-23-18(24)27-10-16(25)21-9-12-3-5-13(20)6-4-12/h3-8,11H,9-10H2,1-2H3,(H,21,25). The maximum Gasteiger partial charge on any atom is 0.230 e. The maximum absolute atomic E-state index is 12.2. The van der Waals surface area contributed by atoms with Crippen molar-refractivity contribution in [3.05, 3.63) is 51.7 Å². The molecule has 2 aromatic heterocycles. The van der Waals surface area contributed by atoms with Gasteiger partial charge in [0.2, 0.25) is 11.7 Å². The first-order valence-corrected chi connectivity index (χ1v) is 10.4. The minimum Gasteiger partial charge on any atom is -0.446 e. The third-order valence-corrected chi connectivity index (χ3v) is 5.33. The maximum atomic E-state index is 12.2. The Morgan fingerprint density at radius 2 is 2.00 bits per heavy atom. The van der Waals surface area contributed by atoms with Crippen LogP contribution in [0.2, 0.25) is 5.02 Å². The highest BCUT2D eigenvalue weighted by Crippen LogP contribution is 2.29. The second-order valence-corrected chi connectivity index (χ2v) is 8.23. The molecule has 0 aliphatic heterocycles. The van der Waals surface area contributed by atoms with E-state index in [1.807, 2.05) is 42.7 Å². The molecule has 0 aliphatic rings. The van der Waals surface area contributed by atoms with E-state index in [0.717, 1.165) is 5.56 Å². The lowest BCUT2D eigenvalue weighted by Crippen LogP contribution is -2.24. The van der Waals surface area contributed by atoms with Crippen LogP contribution in [-0.2, 0) is 11.3 Å². The molecule has 0 fully saturated rings. The minimum absolute atomic E-state index is 0.0736. The van der Waals surface area contributed by atoms with Crippen LogP contribution in [0.25, 0.3) is 11.6 Å². The Hall–Kier alpha value is -1.77. The number of thioether (sulfide) groups is 1. The van der Waals surface area contributed by atoms with Crippen molar-refractivity contribution in [3.63, 3.8) is 0 Å². The van der Waals surface area contributed by atoms with Gasteiger partial charge in [-0.2, -0.15) is 0 Å². The molecule has 0 unspecified atom stereocenters. The molecule has 2 heterocycles. The monoisotopic (exact) mass is 468 g/mol. The SMILES string of the molecule is CC(C)n1c(SCC(=O)NCc2ccc(Cl)cc2)nnc1-c1ccc(Br)o1. The number of hydrogen-bond donors (Lipinski definition) is 1. The smallest absolute Gasteiger partial charge is 0.230 e. The van der Waals surface area contributed by atoms with Crippen LogP contribution in [0.15, 0.2) is 50.6 Å². The Balaban J connectivity index is 1.62. The van der Waals surface area contributed by atoms with E-state index in [1.165, 1.54) is 11.8 Å². The van der Waals surface area contributed by atoms with Crippen LogP contribution < -0.4 is 5.32 Å². The number of benzene rings is 1. The van der Waals surface area contributed by atoms with E-state index < -0.39 is 0 Å². The number of amides is 1. The normalized spacial score (nSPS) is 11.1. The number of aromatic nitrogens is 3. The number of furan rings is 1. The topological polar surface area (TPSA) is 73.0 Å². The second kappa shape index (κ2) is 8.95. The van der Waals surface area contributed by atoms with Crippen LogP contribution in [0.3, 0.4) is 0 Å². The molecule has 27 heavy (non-hydrogen) atoms. The van der Waals surface area contributed by atoms with Crippen molar-refractivity contribution < 1.29 is 9.21 Å². The zero-order chi connectivity index (χ0) is 19.4. The van der Waals surface area contributed by atoms with E-state index in [-0.39, 0.29) is 17.7 Å². The highest BCUT2D eigenvalue weighted by Gasteiger charge is 2.20. The van der Waals surface area contributed by atoms with Crippen molar-refractivity contribution in [1.82, 2.24) is 20.1 Å². The van der Waals surface area contributed by atoms with Gasteiger partial charge in [0.25, 0.3) is 0 Å². The molecule has 1 amide bonds. The van der Waals surface area contributed by atoms with E-state index in [4.69, 9.17) is 16.0 Å². The number of carbonyl (C=O) groups excluding carboxylic acids is 1. The third kappa shape index (κ3) is 5.15. The molecule has 142 valence electrons. The average Bonchev–Trinajstić information content (AvgIpc) is 3.25. The van der Waals surface area contributed by atoms with Crippen molar-refractivity contribution in [2.24, 2.45) is 0 Å². The Morgan fingerprint density at radius 3 is 2.63 bits per heavy atom. The van der Waals surface area contributed by atoms with Crippen molar-refractivity contribution in [1.29, 1.82) is 0 Å². The fourth-order valence-corrected chi connectivity index (χ4v) is 3.76. The summed E-state index contributed by atoms with van der Waals surface area (Å²) < 4.78 is 8.18. The quantitative estimate of drug-likeness (QED) is 0.496. The molecule has 0 aliphatic carbocycles. The minimum atomic E-state index is -0.0736. The van der Waals surface area contributed by atoms with Gasteiger partial charge in [0.15, 0.2) is 15.6 Å². The van der Waals surface area contributed by atoms with Gasteiger partial charge >= 0.3 is 0 Å². The Labute approximate surface area is 174 Å². The van der Waals surface area contributed by atoms with Gasteiger partial charge in [0, 0.05) is 17.6 Å². The number of nitrogens with one attached hydrogen (secondary N) is 1. The largest absolute Gasteiger partial charge is 0.446 e. The van der Waals surface area contributed by atoms with Gasteiger partial charge in [-0.05, 0) is 59.6 Å². The predicted molar refractivity (Wildman–Crippen MR) is 110 cm³/mol. The zero-order valence-corrected chi connectivity index (χ0v) is 17.9. The van der Waals surface area contributed by atoms with Gasteiger partial charge in [0.05, 0.1) is 5.75 Å². The summed E-state index contributed by atoms with van der Waals surface area (Å²) in [4.78, 5) is 12.2. The summed E-state index contributed by atoms with van der Waals surface area (Å²) in [6.45, 7) is 4.53. The third-order valence-electron chi connectivity index (χ3n) is 3.71. The van der Waals surface area contributed by atoms with Gasteiger partial charge in [-0.25, -0.2) is 0 Å². The Bertz CT molecular complexity index is 924. The first-order valence-electron chi connectivity index (χ1n) is 8.28. The van der Waals surface area contributed by atoms with Crippen molar-refractivity contribution in [2.45, 2.75) is 31.6 Å². The first kappa shape index (κ1) is 20.0. The predicted octanol–water partition coefficient (Wildman–Crippen LogP) is 4.94. The van der Waals surface area contributed by atoms with Crippen molar-refractivity contribution >= 4 is 45.2 Å². The van der Waals surface area contributed by atoms with Crippen molar-refractivity contribution in [3.8, 4) is 11.6 Å². The zero-order valence-electron chi connectivity index (χ0n) is 14.8. The number of nitrogens with zero attached hydrogens (tertiary/aromatic N) is 3. The molecule has 3 rings (SSSR count). The van der Waals surface area contributed by atoms with E-state index in [0.29, 0.717) is 33.0 Å². The average molecular weight is 470 g/mol. The van der Waals surface area contributed by atoms with Crippen LogP contribution in [0, 0.1) is 0 Å². The molecule has 1 aromatic carbocycles. The number of hydrogen-bond acceptors (Lipinski definition) is 5. The van der Waals surface area contributed by atoms with Crippen LogP contribution in [-0.4, -0.2) is 26.4 Å². The molecule has 0 atom stereocenters. The van der Waals surface area contributed by atoms with E-state index in [2.05, 4.69) is 31.4 Å². The molecule has 1 N–H and O–H groups in total. The first-order chi connectivity index (χ1) is 12.9. The lowest BCUT2D eigenvalue weighted by atomic mass is 10.2. The van der Waals surface area contributed by atoms with Gasteiger partial charge in [-0.3, -0.25) is 9.36 Å². The van der Waals surface area contributed by atoms with Crippen LogP contribution in [0.5, 0.6) is 0 Å².